The summed E-state index contributed by atoms with van der Waals surface area (Å²) in [5, 5.41) is 16.0. The van der Waals surface area contributed by atoms with E-state index in [0.29, 0.717) is 24.9 Å². The number of aryl methyl sites for hydroxylation is 1. The lowest BCUT2D eigenvalue weighted by Crippen LogP contribution is -2.29. The average molecular weight is 243 g/mol. The maximum atomic E-state index is 11.0. The average Bonchev–Trinajstić information content (AvgIpc) is 2.64. The summed E-state index contributed by atoms with van der Waals surface area (Å²) in [6.45, 7) is 4.39. The van der Waals surface area contributed by atoms with Gasteiger partial charge < -0.3 is 19.7 Å². The van der Waals surface area contributed by atoms with E-state index in [0.717, 1.165) is 0 Å². The number of carbonyl (C=O) groups excluding carboxylic acids is 1. The van der Waals surface area contributed by atoms with E-state index in [1.165, 1.54) is 0 Å². The molecule has 7 nitrogen and oxygen atoms in total. The maximum Gasteiger partial charge on any atom is 0.308 e. The number of hydrogen-bond donors (Lipinski definition) is 2. The number of carbonyl (C=O) groups is 1. The van der Waals surface area contributed by atoms with Crippen LogP contribution in [0.2, 0.25) is 0 Å². The Kier molecular flexibility index (Phi) is 5.58. The van der Waals surface area contributed by atoms with Gasteiger partial charge in [0.1, 0.15) is 0 Å². The molecule has 17 heavy (non-hydrogen) atoms. The van der Waals surface area contributed by atoms with Crippen LogP contribution in [0.5, 0.6) is 0 Å². The summed E-state index contributed by atoms with van der Waals surface area (Å²) < 4.78 is 9.58. The summed E-state index contributed by atoms with van der Waals surface area (Å²) in [5.74, 6) is 0.607. The molecule has 0 fully saturated rings. The van der Waals surface area contributed by atoms with Crippen molar-refractivity contribution in [2.24, 2.45) is 0 Å². The topological polar surface area (TPSA) is 97.5 Å². The standard InChI is InChI=1S/C10H17N3O4/c1-3-16-10(15)4-8(14)5-11-6-9-12-7(2)13-17-9/h8,11,14H,3-6H2,1-2H3. The van der Waals surface area contributed by atoms with Crippen LogP contribution >= 0.6 is 0 Å². The van der Waals surface area contributed by atoms with Crippen LogP contribution in [0.1, 0.15) is 25.1 Å². The molecule has 0 saturated heterocycles. The molecule has 1 unspecified atom stereocenters. The lowest BCUT2D eigenvalue weighted by atomic mass is 10.2. The number of esters is 1. The van der Waals surface area contributed by atoms with Crippen molar-refractivity contribution in [1.29, 1.82) is 0 Å². The molecular weight excluding hydrogens is 226 g/mol. The zero-order valence-corrected chi connectivity index (χ0v) is 9.97. The van der Waals surface area contributed by atoms with Crippen molar-refractivity contribution in [1.82, 2.24) is 15.5 Å². The molecule has 0 amide bonds. The van der Waals surface area contributed by atoms with Gasteiger partial charge in [-0.2, -0.15) is 4.98 Å². The van der Waals surface area contributed by atoms with Gasteiger partial charge in [0, 0.05) is 6.54 Å². The van der Waals surface area contributed by atoms with E-state index in [-0.39, 0.29) is 13.0 Å². The van der Waals surface area contributed by atoms with Gasteiger partial charge in [-0.25, -0.2) is 0 Å². The van der Waals surface area contributed by atoms with Crippen molar-refractivity contribution in [2.75, 3.05) is 13.2 Å². The van der Waals surface area contributed by atoms with Crippen LogP contribution in [0.4, 0.5) is 0 Å². The van der Waals surface area contributed by atoms with Crippen LogP contribution in [-0.2, 0) is 16.1 Å². The second kappa shape index (κ2) is 6.97. The van der Waals surface area contributed by atoms with Crippen LogP contribution in [-0.4, -0.2) is 40.5 Å². The summed E-state index contributed by atoms with van der Waals surface area (Å²) in [5.41, 5.74) is 0. The highest BCUT2D eigenvalue weighted by Gasteiger charge is 2.11. The van der Waals surface area contributed by atoms with Crippen LogP contribution < -0.4 is 5.32 Å². The number of aromatic nitrogens is 2. The van der Waals surface area contributed by atoms with Crippen molar-refractivity contribution in [2.45, 2.75) is 32.9 Å². The van der Waals surface area contributed by atoms with Crippen LogP contribution in [0.15, 0.2) is 4.52 Å². The summed E-state index contributed by atoms with van der Waals surface area (Å²) in [6, 6.07) is 0. The first-order chi connectivity index (χ1) is 8.11. The van der Waals surface area contributed by atoms with E-state index >= 15 is 0 Å². The summed E-state index contributed by atoms with van der Waals surface area (Å²) in [4.78, 5) is 15.0. The Bertz CT molecular complexity index is 353. The van der Waals surface area contributed by atoms with Gasteiger partial charge in [-0.15, -0.1) is 0 Å². The van der Waals surface area contributed by atoms with Crippen molar-refractivity contribution in [3.63, 3.8) is 0 Å². The Morgan fingerprint density at radius 1 is 1.65 bits per heavy atom. The van der Waals surface area contributed by atoms with E-state index in [4.69, 9.17) is 9.26 Å². The molecule has 1 atom stereocenters. The second-order valence-electron chi connectivity index (χ2n) is 3.53. The third-order valence-electron chi connectivity index (χ3n) is 1.93. The molecule has 96 valence electrons. The first-order valence-electron chi connectivity index (χ1n) is 5.45. The van der Waals surface area contributed by atoms with Crippen LogP contribution in [0.3, 0.4) is 0 Å². The predicted molar refractivity (Wildman–Crippen MR) is 58.0 cm³/mol. The molecule has 0 radical (unpaired) electrons. The molecule has 1 aromatic rings. The molecule has 1 heterocycles. The highest BCUT2D eigenvalue weighted by Crippen LogP contribution is 1.97. The van der Waals surface area contributed by atoms with Gasteiger partial charge in [0.2, 0.25) is 5.89 Å². The number of nitrogens with one attached hydrogen (secondary N) is 1. The molecule has 0 aliphatic carbocycles. The zero-order chi connectivity index (χ0) is 12.7. The molecule has 1 aromatic heterocycles. The van der Waals surface area contributed by atoms with Crippen LogP contribution in [0.25, 0.3) is 0 Å². The quantitative estimate of drug-likeness (QED) is 0.639. The van der Waals surface area contributed by atoms with Gasteiger partial charge in [0.25, 0.3) is 0 Å². The highest BCUT2D eigenvalue weighted by molar-refractivity contribution is 5.69. The minimum Gasteiger partial charge on any atom is -0.466 e. The molecule has 0 bridgehead atoms. The Morgan fingerprint density at radius 3 is 3.00 bits per heavy atom. The normalized spacial score (nSPS) is 12.4. The van der Waals surface area contributed by atoms with Crippen molar-refractivity contribution in [3.8, 4) is 0 Å². The molecule has 0 saturated carbocycles. The van der Waals surface area contributed by atoms with Gasteiger partial charge in [0.05, 0.1) is 25.7 Å². The fraction of sp³-hybridized carbons (Fsp3) is 0.700. The van der Waals surface area contributed by atoms with Gasteiger partial charge in [-0.3, -0.25) is 4.79 Å². The minimum atomic E-state index is -0.780. The smallest absolute Gasteiger partial charge is 0.308 e. The highest BCUT2D eigenvalue weighted by atomic mass is 16.5. The second-order valence-corrected chi connectivity index (χ2v) is 3.53. The third-order valence-corrected chi connectivity index (χ3v) is 1.93. The van der Waals surface area contributed by atoms with Gasteiger partial charge in [-0.1, -0.05) is 5.16 Å². The molecule has 0 spiro atoms. The summed E-state index contributed by atoms with van der Waals surface area (Å²) in [6.07, 6.45) is -0.804. The maximum absolute atomic E-state index is 11.0. The predicted octanol–water partition coefficient (Wildman–Crippen LogP) is -0.218. The monoisotopic (exact) mass is 243 g/mol. The van der Waals surface area contributed by atoms with Gasteiger partial charge in [-0.05, 0) is 13.8 Å². The van der Waals surface area contributed by atoms with E-state index < -0.39 is 12.1 Å². The SMILES string of the molecule is CCOC(=O)CC(O)CNCc1nc(C)no1. The summed E-state index contributed by atoms with van der Waals surface area (Å²) in [7, 11) is 0. The Balaban J connectivity index is 2.15. The fourth-order valence-electron chi connectivity index (χ4n) is 1.24. The van der Waals surface area contributed by atoms with Crippen LogP contribution in [0, 0.1) is 6.92 Å². The van der Waals surface area contributed by atoms with E-state index in [1.54, 1.807) is 13.8 Å². The van der Waals surface area contributed by atoms with Crippen molar-refractivity contribution in [3.05, 3.63) is 11.7 Å². The number of aliphatic hydroxyl groups is 1. The number of aliphatic hydroxyl groups excluding tert-OH is 1. The molecule has 2 N–H and O–H groups in total. The Morgan fingerprint density at radius 2 is 2.41 bits per heavy atom. The summed E-state index contributed by atoms with van der Waals surface area (Å²) >= 11 is 0. The molecule has 7 heteroatoms. The van der Waals surface area contributed by atoms with E-state index in [1.807, 2.05) is 0 Å². The minimum absolute atomic E-state index is 0.0241. The molecule has 1 rings (SSSR count). The Hall–Kier alpha value is -1.47. The zero-order valence-electron chi connectivity index (χ0n) is 9.97. The third kappa shape index (κ3) is 5.41. The molecular formula is C10H17N3O4. The number of ether oxygens (including phenoxy) is 1. The van der Waals surface area contributed by atoms with Gasteiger partial charge in [0.15, 0.2) is 5.82 Å². The van der Waals surface area contributed by atoms with Gasteiger partial charge >= 0.3 is 5.97 Å². The Labute approximate surface area is 99.2 Å². The number of rotatable bonds is 7. The largest absolute Gasteiger partial charge is 0.466 e. The lowest BCUT2D eigenvalue weighted by molar-refractivity contribution is -0.145. The van der Waals surface area contributed by atoms with E-state index in [9.17, 15) is 9.90 Å². The van der Waals surface area contributed by atoms with E-state index in [2.05, 4.69) is 15.5 Å². The first kappa shape index (κ1) is 13.6. The van der Waals surface area contributed by atoms with Crippen molar-refractivity contribution < 1.29 is 19.2 Å². The lowest BCUT2D eigenvalue weighted by Gasteiger charge is -2.09. The molecule has 0 aromatic carbocycles. The first-order valence-corrected chi connectivity index (χ1v) is 5.45. The van der Waals surface area contributed by atoms with Crippen molar-refractivity contribution >= 4 is 5.97 Å². The number of nitrogens with zero attached hydrogens (tertiary/aromatic N) is 2. The molecule has 0 aliphatic heterocycles. The fourth-order valence-corrected chi connectivity index (χ4v) is 1.24. The number of hydrogen-bond acceptors (Lipinski definition) is 7. The molecule has 0 aliphatic rings.